The van der Waals surface area contributed by atoms with Gasteiger partial charge < -0.3 is 15.4 Å². The van der Waals surface area contributed by atoms with Crippen LogP contribution in [0.1, 0.15) is 25.3 Å². The molecule has 0 saturated carbocycles. The summed E-state index contributed by atoms with van der Waals surface area (Å²) in [6, 6.07) is 9.72. The van der Waals surface area contributed by atoms with Gasteiger partial charge in [-0.25, -0.2) is 8.42 Å². The molecule has 8 nitrogen and oxygen atoms in total. The number of sulfonamides is 1. The Kier molecular flexibility index (Phi) is 6.15. The number of carbonyl (C=O) groups is 2. The average molecular weight is 478 g/mol. The summed E-state index contributed by atoms with van der Waals surface area (Å²) in [6.07, 6.45) is 0.488. The van der Waals surface area contributed by atoms with Gasteiger partial charge in [-0.15, -0.1) is 0 Å². The van der Waals surface area contributed by atoms with Crippen molar-refractivity contribution in [2.75, 3.05) is 23.7 Å². The van der Waals surface area contributed by atoms with E-state index in [2.05, 4.69) is 10.6 Å². The molecule has 0 unspecified atom stereocenters. The number of hydrogen-bond donors (Lipinski definition) is 2. The molecule has 0 aliphatic carbocycles. The molecule has 10 heteroatoms. The Morgan fingerprint density at radius 1 is 1.25 bits per heavy atom. The quantitative estimate of drug-likeness (QED) is 0.702. The number of aryl methyl sites for hydroxylation is 1. The number of amides is 2. The summed E-state index contributed by atoms with van der Waals surface area (Å²) in [5, 5.41) is 5.91. The largest absolute Gasteiger partial charge is 0.479 e. The molecule has 0 spiro atoms. The first kappa shape index (κ1) is 22.6. The molecule has 4 rings (SSSR count). The predicted octanol–water partition coefficient (Wildman–Crippen LogP) is 3.41. The third-order valence-electron chi connectivity index (χ3n) is 5.66. The van der Waals surface area contributed by atoms with E-state index in [0.29, 0.717) is 41.5 Å². The number of ether oxygens (including phenoxy) is 1. The van der Waals surface area contributed by atoms with Gasteiger partial charge >= 0.3 is 0 Å². The van der Waals surface area contributed by atoms with Crippen LogP contribution in [-0.2, 0) is 19.6 Å². The van der Waals surface area contributed by atoms with Crippen LogP contribution in [0.15, 0.2) is 41.3 Å². The van der Waals surface area contributed by atoms with Gasteiger partial charge in [0, 0.05) is 13.1 Å². The first-order valence-electron chi connectivity index (χ1n) is 10.3. The number of halogens is 1. The molecule has 1 saturated heterocycles. The lowest BCUT2D eigenvalue weighted by atomic mass is 9.98. The average Bonchev–Trinajstić information content (AvgIpc) is 2.76. The lowest BCUT2D eigenvalue weighted by molar-refractivity contribution is -0.123. The van der Waals surface area contributed by atoms with Gasteiger partial charge in [-0.05, 0) is 62.6 Å². The summed E-state index contributed by atoms with van der Waals surface area (Å²) in [5.41, 5.74) is 1.79. The number of rotatable bonds is 4. The minimum atomic E-state index is -3.86. The van der Waals surface area contributed by atoms with E-state index in [4.69, 9.17) is 16.3 Å². The second-order valence-electron chi connectivity index (χ2n) is 8.08. The second-order valence-corrected chi connectivity index (χ2v) is 10.4. The van der Waals surface area contributed by atoms with Crippen molar-refractivity contribution in [1.29, 1.82) is 0 Å². The Morgan fingerprint density at radius 3 is 2.78 bits per heavy atom. The standard InChI is InChI=1S/C22H24ClN3O5S/c1-13-5-7-18(17(23)10-13)24-22(28)15-4-3-9-26(12-15)32(29,30)16-6-8-20-19(11-16)25-21(27)14(2)31-20/h5-8,10-11,14-15H,3-4,9,12H2,1-2H3,(H,24,28)(H,25,27)/t14-,15+/m0/s1. The van der Waals surface area contributed by atoms with Crippen LogP contribution in [-0.4, -0.2) is 43.7 Å². The first-order valence-corrected chi connectivity index (χ1v) is 12.2. The molecule has 0 radical (unpaired) electrons. The Balaban J connectivity index is 1.50. The molecule has 2 N–H and O–H groups in total. The van der Waals surface area contributed by atoms with Gasteiger partial charge in [0.25, 0.3) is 5.91 Å². The Bertz CT molecular complexity index is 1180. The third-order valence-corrected chi connectivity index (χ3v) is 7.83. The van der Waals surface area contributed by atoms with Crippen molar-refractivity contribution in [3.63, 3.8) is 0 Å². The molecule has 0 bridgehead atoms. The van der Waals surface area contributed by atoms with E-state index >= 15 is 0 Å². The molecule has 170 valence electrons. The fraction of sp³-hybridized carbons (Fsp3) is 0.364. The zero-order valence-corrected chi connectivity index (χ0v) is 19.3. The molecule has 1 fully saturated rings. The smallest absolute Gasteiger partial charge is 0.265 e. The topological polar surface area (TPSA) is 105 Å². The van der Waals surface area contributed by atoms with Crippen LogP contribution in [0.5, 0.6) is 5.75 Å². The molecule has 2 heterocycles. The fourth-order valence-electron chi connectivity index (χ4n) is 3.83. The normalized spacial score (nSPS) is 21.3. The number of nitrogens with zero attached hydrogens (tertiary/aromatic N) is 1. The molecule has 2 aliphatic rings. The summed E-state index contributed by atoms with van der Waals surface area (Å²) in [7, 11) is -3.86. The van der Waals surface area contributed by atoms with E-state index in [1.807, 2.05) is 13.0 Å². The molecule has 2 amide bonds. The predicted molar refractivity (Wildman–Crippen MR) is 121 cm³/mol. The van der Waals surface area contributed by atoms with Gasteiger partial charge in [-0.2, -0.15) is 4.31 Å². The molecule has 2 aliphatic heterocycles. The number of benzene rings is 2. The van der Waals surface area contributed by atoms with Crippen molar-refractivity contribution < 1.29 is 22.7 Å². The van der Waals surface area contributed by atoms with Gasteiger partial charge in [-0.1, -0.05) is 17.7 Å². The Morgan fingerprint density at radius 2 is 2.03 bits per heavy atom. The number of anilines is 2. The van der Waals surface area contributed by atoms with Crippen LogP contribution < -0.4 is 15.4 Å². The van der Waals surface area contributed by atoms with Crippen molar-refractivity contribution in [1.82, 2.24) is 4.31 Å². The fourth-order valence-corrected chi connectivity index (χ4v) is 5.66. The number of fused-ring (bicyclic) bond motifs is 1. The highest BCUT2D eigenvalue weighted by Gasteiger charge is 2.34. The highest BCUT2D eigenvalue weighted by Crippen LogP contribution is 2.34. The minimum absolute atomic E-state index is 0.0392. The number of nitrogens with one attached hydrogen (secondary N) is 2. The number of hydrogen-bond acceptors (Lipinski definition) is 5. The molecule has 2 atom stereocenters. The van der Waals surface area contributed by atoms with E-state index < -0.39 is 22.0 Å². The maximum Gasteiger partial charge on any atom is 0.265 e. The Labute approximate surface area is 191 Å². The maximum atomic E-state index is 13.3. The molecular weight excluding hydrogens is 454 g/mol. The molecular formula is C22H24ClN3O5S. The number of carbonyl (C=O) groups excluding carboxylic acids is 2. The number of piperidine rings is 1. The van der Waals surface area contributed by atoms with Gasteiger partial charge in [0.05, 0.1) is 27.2 Å². The van der Waals surface area contributed by atoms with E-state index in [1.165, 1.54) is 22.5 Å². The Hall–Kier alpha value is -2.62. The van der Waals surface area contributed by atoms with Gasteiger partial charge in [0.1, 0.15) is 5.75 Å². The van der Waals surface area contributed by atoms with Crippen molar-refractivity contribution in [3.8, 4) is 5.75 Å². The molecule has 2 aromatic rings. The molecule has 2 aromatic carbocycles. The highest BCUT2D eigenvalue weighted by atomic mass is 35.5. The van der Waals surface area contributed by atoms with Crippen molar-refractivity contribution in [2.45, 2.75) is 37.7 Å². The zero-order valence-electron chi connectivity index (χ0n) is 17.7. The van der Waals surface area contributed by atoms with Crippen LogP contribution in [0.4, 0.5) is 11.4 Å². The highest BCUT2D eigenvalue weighted by molar-refractivity contribution is 7.89. The summed E-state index contributed by atoms with van der Waals surface area (Å²) in [4.78, 5) is 24.7. The lowest BCUT2D eigenvalue weighted by Gasteiger charge is -2.31. The van der Waals surface area contributed by atoms with Gasteiger partial charge in [-0.3, -0.25) is 9.59 Å². The molecule has 32 heavy (non-hydrogen) atoms. The summed E-state index contributed by atoms with van der Waals surface area (Å²) >= 11 is 6.21. The minimum Gasteiger partial charge on any atom is -0.479 e. The third kappa shape index (κ3) is 4.46. The van der Waals surface area contributed by atoms with Gasteiger partial charge in [0.15, 0.2) is 6.10 Å². The maximum absolute atomic E-state index is 13.3. The van der Waals surface area contributed by atoms with E-state index in [0.717, 1.165) is 5.56 Å². The zero-order chi connectivity index (χ0) is 23.0. The summed E-state index contributed by atoms with van der Waals surface area (Å²) < 4.78 is 33.3. The first-order chi connectivity index (χ1) is 15.1. The van der Waals surface area contributed by atoms with Crippen LogP contribution in [0.3, 0.4) is 0 Å². The van der Waals surface area contributed by atoms with E-state index in [1.54, 1.807) is 19.1 Å². The van der Waals surface area contributed by atoms with Crippen LogP contribution in [0, 0.1) is 12.8 Å². The lowest BCUT2D eigenvalue weighted by Crippen LogP contribution is -2.43. The summed E-state index contributed by atoms with van der Waals surface area (Å²) in [6.45, 7) is 3.90. The monoisotopic (exact) mass is 477 g/mol. The molecule has 0 aromatic heterocycles. The van der Waals surface area contributed by atoms with E-state index in [-0.39, 0.29) is 23.3 Å². The second kappa shape index (κ2) is 8.73. The van der Waals surface area contributed by atoms with Crippen molar-refractivity contribution in [3.05, 3.63) is 47.0 Å². The SMILES string of the molecule is Cc1ccc(NC(=O)[C@@H]2CCCN(S(=O)(=O)c3ccc4c(c3)NC(=O)[C@H](C)O4)C2)c(Cl)c1. The summed E-state index contributed by atoms with van der Waals surface area (Å²) in [5.74, 6) is -0.688. The van der Waals surface area contributed by atoms with Crippen LogP contribution >= 0.6 is 11.6 Å². The van der Waals surface area contributed by atoms with Crippen LogP contribution in [0.2, 0.25) is 5.02 Å². The van der Waals surface area contributed by atoms with E-state index in [9.17, 15) is 18.0 Å². The van der Waals surface area contributed by atoms with Crippen LogP contribution in [0.25, 0.3) is 0 Å². The van der Waals surface area contributed by atoms with Crippen molar-refractivity contribution in [2.24, 2.45) is 5.92 Å². The van der Waals surface area contributed by atoms with Gasteiger partial charge in [0.2, 0.25) is 15.9 Å². The van der Waals surface area contributed by atoms with Crippen molar-refractivity contribution >= 4 is 44.8 Å².